The molecule has 0 radical (unpaired) electrons. The van der Waals surface area contributed by atoms with Gasteiger partial charge in [0.1, 0.15) is 11.4 Å². The fourth-order valence-corrected chi connectivity index (χ4v) is 0.927. The minimum Gasteiger partial charge on any atom is -0.368 e. The molecule has 0 saturated carbocycles. The van der Waals surface area contributed by atoms with Crippen molar-refractivity contribution in [1.29, 1.82) is 0 Å². The number of alkyl halides is 3. The zero-order chi connectivity index (χ0) is 10.9. The quantitative estimate of drug-likeness (QED) is 0.748. The molecule has 0 fully saturated rings. The first-order valence-corrected chi connectivity index (χ1v) is 3.69. The van der Waals surface area contributed by atoms with E-state index in [1.165, 1.54) is 19.0 Å². The van der Waals surface area contributed by atoms with Crippen LogP contribution < -0.4 is 10.6 Å². The normalized spacial score (nSPS) is 11.5. The van der Waals surface area contributed by atoms with Gasteiger partial charge in [0.15, 0.2) is 0 Å². The summed E-state index contributed by atoms with van der Waals surface area (Å²) >= 11 is 0. The molecule has 7 heteroatoms. The number of hydrogen-bond acceptors (Lipinski definition) is 4. The van der Waals surface area contributed by atoms with Crippen molar-refractivity contribution in [3.63, 3.8) is 0 Å². The van der Waals surface area contributed by atoms with Crippen LogP contribution in [0, 0.1) is 0 Å². The van der Waals surface area contributed by atoms with Gasteiger partial charge >= 0.3 is 6.18 Å². The fraction of sp³-hybridized carbons (Fsp3) is 0.429. The molecule has 0 aliphatic carbocycles. The third-order valence-corrected chi connectivity index (χ3v) is 1.52. The largest absolute Gasteiger partial charge is 0.421 e. The Bertz CT molecular complexity index is 334. The van der Waals surface area contributed by atoms with Gasteiger partial charge in [0.05, 0.1) is 0 Å². The van der Waals surface area contributed by atoms with Gasteiger partial charge in [0.2, 0.25) is 5.95 Å². The topological polar surface area (TPSA) is 55.0 Å². The lowest BCUT2D eigenvalue weighted by atomic mass is 10.3. The molecule has 0 aromatic carbocycles. The van der Waals surface area contributed by atoms with E-state index < -0.39 is 11.7 Å². The van der Waals surface area contributed by atoms with Gasteiger partial charge < -0.3 is 10.6 Å². The molecule has 0 spiro atoms. The highest BCUT2D eigenvalue weighted by Gasteiger charge is 2.35. The summed E-state index contributed by atoms with van der Waals surface area (Å²) in [6.45, 7) is 0. The number of nitrogens with two attached hydrogens (primary N) is 1. The van der Waals surface area contributed by atoms with Crippen LogP contribution in [0.2, 0.25) is 0 Å². The third kappa shape index (κ3) is 2.04. The summed E-state index contributed by atoms with van der Waals surface area (Å²) in [7, 11) is 2.91. The first-order valence-electron chi connectivity index (χ1n) is 3.69. The van der Waals surface area contributed by atoms with Crippen molar-refractivity contribution in [2.24, 2.45) is 0 Å². The van der Waals surface area contributed by atoms with Crippen LogP contribution in [0.3, 0.4) is 0 Å². The molecule has 78 valence electrons. The monoisotopic (exact) mass is 206 g/mol. The lowest BCUT2D eigenvalue weighted by molar-refractivity contribution is -0.137. The SMILES string of the molecule is CN(C)c1nc(N)ncc1C(F)(F)F. The summed E-state index contributed by atoms with van der Waals surface area (Å²) in [6.07, 6.45) is -3.79. The van der Waals surface area contributed by atoms with Gasteiger partial charge in [-0.3, -0.25) is 0 Å². The molecule has 0 amide bonds. The van der Waals surface area contributed by atoms with E-state index in [0.717, 1.165) is 0 Å². The zero-order valence-corrected chi connectivity index (χ0v) is 7.63. The maximum atomic E-state index is 12.4. The Morgan fingerprint density at radius 3 is 2.36 bits per heavy atom. The van der Waals surface area contributed by atoms with Gasteiger partial charge in [0, 0.05) is 20.3 Å². The van der Waals surface area contributed by atoms with E-state index in [4.69, 9.17) is 5.73 Å². The maximum absolute atomic E-state index is 12.4. The molecule has 0 unspecified atom stereocenters. The molecule has 2 N–H and O–H groups in total. The van der Waals surface area contributed by atoms with Crippen molar-refractivity contribution in [2.45, 2.75) is 6.18 Å². The van der Waals surface area contributed by atoms with Gasteiger partial charge in [-0.25, -0.2) is 4.98 Å². The second-order valence-electron chi connectivity index (χ2n) is 2.86. The lowest BCUT2D eigenvalue weighted by Gasteiger charge is -2.17. The van der Waals surface area contributed by atoms with Gasteiger partial charge in [0.25, 0.3) is 0 Å². The number of nitrogen functional groups attached to an aromatic ring is 1. The molecule has 1 heterocycles. The second-order valence-corrected chi connectivity index (χ2v) is 2.86. The average molecular weight is 206 g/mol. The number of aromatic nitrogens is 2. The lowest BCUT2D eigenvalue weighted by Crippen LogP contribution is -2.19. The van der Waals surface area contributed by atoms with Crippen LogP contribution in [0.5, 0.6) is 0 Å². The van der Waals surface area contributed by atoms with E-state index in [0.29, 0.717) is 6.20 Å². The van der Waals surface area contributed by atoms with Crippen molar-refractivity contribution in [1.82, 2.24) is 9.97 Å². The van der Waals surface area contributed by atoms with Crippen molar-refractivity contribution < 1.29 is 13.2 Å². The molecule has 0 bridgehead atoms. The summed E-state index contributed by atoms with van der Waals surface area (Å²) < 4.78 is 37.2. The van der Waals surface area contributed by atoms with Crippen LogP contribution >= 0.6 is 0 Å². The first kappa shape index (κ1) is 10.6. The maximum Gasteiger partial charge on any atom is 0.421 e. The van der Waals surface area contributed by atoms with Crippen LogP contribution in [0.4, 0.5) is 24.9 Å². The Morgan fingerprint density at radius 1 is 1.36 bits per heavy atom. The summed E-state index contributed by atoms with van der Waals surface area (Å²) in [5, 5.41) is 0. The van der Waals surface area contributed by atoms with Gasteiger partial charge in [-0.2, -0.15) is 18.2 Å². The van der Waals surface area contributed by atoms with Crippen molar-refractivity contribution >= 4 is 11.8 Å². The number of nitrogens with zero attached hydrogens (tertiary/aromatic N) is 3. The van der Waals surface area contributed by atoms with E-state index >= 15 is 0 Å². The van der Waals surface area contributed by atoms with Crippen LogP contribution in [0.25, 0.3) is 0 Å². The Kier molecular flexibility index (Phi) is 2.50. The standard InChI is InChI=1S/C7H9F3N4/c1-14(2)5-4(7(8,9)10)3-12-6(11)13-5/h3H,1-2H3,(H2,11,12,13). The van der Waals surface area contributed by atoms with E-state index in [1.807, 2.05) is 0 Å². The van der Waals surface area contributed by atoms with Crippen LogP contribution in [-0.2, 0) is 6.18 Å². The Balaban J connectivity index is 3.29. The Hall–Kier alpha value is -1.53. The smallest absolute Gasteiger partial charge is 0.368 e. The number of rotatable bonds is 1. The molecule has 1 aromatic rings. The highest BCUT2D eigenvalue weighted by molar-refractivity contribution is 5.48. The predicted octanol–water partition coefficient (Wildman–Crippen LogP) is 1.14. The molecule has 1 aromatic heterocycles. The Morgan fingerprint density at radius 2 is 1.93 bits per heavy atom. The van der Waals surface area contributed by atoms with E-state index in [2.05, 4.69) is 9.97 Å². The number of halogens is 3. The summed E-state index contributed by atoms with van der Waals surface area (Å²) in [4.78, 5) is 8.06. The van der Waals surface area contributed by atoms with Gasteiger partial charge in [-0.05, 0) is 0 Å². The van der Waals surface area contributed by atoms with Crippen LogP contribution in [0.1, 0.15) is 5.56 Å². The second kappa shape index (κ2) is 3.32. The molecular formula is C7H9F3N4. The summed E-state index contributed by atoms with van der Waals surface area (Å²) in [5.74, 6) is -0.410. The highest BCUT2D eigenvalue weighted by Crippen LogP contribution is 2.34. The molecule has 14 heavy (non-hydrogen) atoms. The molecule has 0 aliphatic heterocycles. The van der Waals surface area contributed by atoms with Gasteiger partial charge in [-0.15, -0.1) is 0 Å². The van der Waals surface area contributed by atoms with Crippen molar-refractivity contribution in [2.75, 3.05) is 24.7 Å². The molecule has 0 aliphatic rings. The minimum atomic E-state index is -4.46. The molecule has 1 rings (SSSR count). The molecule has 0 saturated heterocycles. The minimum absolute atomic E-state index is 0.179. The van der Waals surface area contributed by atoms with E-state index in [-0.39, 0.29) is 11.8 Å². The summed E-state index contributed by atoms with van der Waals surface area (Å²) in [5.41, 5.74) is 4.30. The zero-order valence-electron chi connectivity index (χ0n) is 7.63. The fourth-order valence-electron chi connectivity index (χ4n) is 0.927. The number of hydrogen-bond donors (Lipinski definition) is 1. The van der Waals surface area contributed by atoms with Crippen molar-refractivity contribution in [3.05, 3.63) is 11.8 Å². The van der Waals surface area contributed by atoms with Gasteiger partial charge in [-0.1, -0.05) is 0 Å². The first-order chi connectivity index (χ1) is 6.32. The third-order valence-electron chi connectivity index (χ3n) is 1.52. The van der Waals surface area contributed by atoms with E-state index in [9.17, 15) is 13.2 Å². The highest BCUT2D eigenvalue weighted by atomic mass is 19.4. The molecular weight excluding hydrogens is 197 g/mol. The average Bonchev–Trinajstić information content (AvgIpc) is 2.01. The number of anilines is 2. The summed E-state index contributed by atoms with van der Waals surface area (Å²) in [6, 6.07) is 0. The molecule has 0 atom stereocenters. The molecule has 4 nitrogen and oxygen atoms in total. The predicted molar refractivity (Wildman–Crippen MR) is 45.8 cm³/mol. The van der Waals surface area contributed by atoms with Crippen molar-refractivity contribution in [3.8, 4) is 0 Å². The van der Waals surface area contributed by atoms with Crippen LogP contribution in [0.15, 0.2) is 6.20 Å². The van der Waals surface area contributed by atoms with Crippen LogP contribution in [-0.4, -0.2) is 24.1 Å². The Labute approximate surface area is 78.6 Å². The van der Waals surface area contributed by atoms with E-state index in [1.54, 1.807) is 0 Å².